The zero-order valence-corrected chi connectivity index (χ0v) is 21.3. The van der Waals surface area contributed by atoms with Gasteiger partial charge in [0, 0.05) is 30.0 Å². The molecule has 39 heavy (non-hydrogen) atoms. The Morgan fingerprint density at radius 2 is 1.46 bits per heavy atom. The van der Waals surface area contributed by atoms with Crippen LogP contribution in [-0.2, 0) is 4.79 Å². The second-order valence-electron chi connectivity index (χ2n) is 9.35. The number of amides is 3. The van der Waals surface area contributed by atoms with Gasteiger partial charge < -0.3 is 24.7 Å². The largest absolute Gasteiger partial charge is 0.484 e. The lowest BCUT2D eigenvalue weighted by Crippen LogP contribution is -2.37. The van der Waals surface area contributed by atoms with Crippen molar-refractivity contribution in [3.63, 3.8) is 0 Å². The summed E-state index contributed by atoms with van der Waals surface area (Å²) in [5.74, 6) is 0.651. The third-order valence-electron chi connectivity index (χ3n) is 6.70. The number of hydrogen-bond donors (Lipinski definition) is 2. The van der Waals surface area contributed by atoms with Crippen LogP contribution in [0.4, 0.5) is 11.4 Å². The quantitative estimate of drug-likeness (QED) is 0.315. The van der Waals surface area contributed by atoms with Gasteiger partial charge in [-0.05, 0) is 85.0 Å². The number of anilines is 2. The highest BCUT2D eigenvalue weighted by Crippen LogP contribution is 2.29. The van der Waals surface area contributed by atoms with E-state index in [1.807, 2.05) is 59.5 Å². The highest BCUT2D eigenvalue weighted by Gasteiger charge is 2.24. The number of benzene rings is 3. The lowest BCUT2D eigenvalue weighted by molar-refractivity contribution is -0.118. The minimum absolute atomic E-state index is 0.0202. The van der Waals surface area contributed by atoms with Gasteiger partial charge in [-0.25, -0.2) is 0 Å². The molecule has 3 aromatic carbocycles. The summed E-state index contributed by atoms with van der Waals surface area (Å²) in [6.07, 6.45) is 3.17. The summed E-state index contributed by atoms with van der Waals surface area (Å²) < 4.78 is 10.6. The molecule has 1 aliphatic heterocycles. The van der Waals surface area contributed by atoms with Crippen molar-refractivity contribution < 1.29 is 23.5 Å². The van der Waals surface area contributed by atoms with Crippen LogP contribution in [0, 0.1) is 0 Å². The van der Waals surface area contributed by atoms with Gasteiger partial charge >= 0.3 is 0 Å². The number of para-hydroxylation sites is 1. The molecule has 8 nitrogen and oxygen atoms in total. The Hall–Kier alpha value is -4.85. The fourth-order valence-corrected chi connectivity index (χ4v) is 4.60. The van der Waals surface area contributed by atoms with Gasteiger partial charge in [-0.1, -0.05) is 30.3 Å². The van der Waals surface area contributed by atoms with E-state index in [1.54, 1.807) is 36.4 Å². The van der Waals surface area contributed by atoms with Crippen molar-refractivity contribution in [2.24, 2.45) is 0 Å². The number of rotatable bonds is 8. The average molecular weight is 524 g/mol. The summed E-state index contributed by atoms with van der Waals surface area (Å²) in [6, 6.07) is 27.2. The van der Waals surface area contributed by atoms with Crippen molar-refractivity contribution in [1.29, 1.82) is 0 Å². The van der Waals surface area contributed by atoms with Gasteiger partial charge in [0.25, 0.3) is 17.7 Å². The Morgan fingerprint density at radius 1 is 0.795 bits per heavy atom. The third kappa shape index (κ3) is 6.73. The number of ether oxygens (including phenoxy) is 1. The molecule has 3 amide bonds. The Bertz CT molecular complexity index is 1390. The van der Waals surface area contributed by atoms with Crippen LogP contribution in [0.25, 0.3) is 0 Å². The minimum Gasteiger partial charge on any atom is -0.484 e. The van der Waals surface area contributed by atoms with Crippen LogP contribution in [-0.4, -0.2) is 42.3 Å². The van der Waals surface area contributed by atoms with Crippen LogP contribution in [0.5, 0.6) is 5.75 Å². The maximum atomic E-state index is 13.0. The maximum Gasteiger partial charge on any atom is 0.291 e. The first-order valence-electron chi connectivity index (χ1n) is 12.9. The number of nitrogens with one attached hydrogen (secondary N) is 2. The molecule has 0 atom stereocenters. The number of furan rings is 1. The highest BCUT2D eigenvalue weighted by atomic mass is 16.5. The molecule has 198 valence electrons. The van der Waals surface area contributed by atoms with E-state index in [2.05, 4.69) is 10.6 Å². The highest BCUT2D eigenvalue weighted by molar-refractivity contribution is 6.02. The van der Waals surface area contributed by atoms with Crippen LogP contribution >= 0.6 is 0 Å². The van der Waals surface area contributed by atoms with Crippen LogP contribution in [0.2, 0.25) is 0 Å². The third-order valence-corrected chi connectivity index (χ3v) is 6.70. The van der Waals surface area contributed by atoms with Crippen molar-refractivity contribution in [2.45, 2.75) is 18.8 Å². The number of nitrogens with zero attached hydrogens (tertiary/aromatic N) is 1. The molecule has 0 radical (unpaired) electrons. The smallest absolute Gasteiger partial charge is 0.291 e. The first-order valence-corrected chi connectivity index (χ1v) is 12.9. The molecule has 0 saturated carbocycles. The monoisotopic (exact) mass is 523 g/mol. The Morgan fingerprint density at radius 3 is 2.13 bits per heavy atom. The SMILES string of the molecule is O=C(COc1ccccc1)Nc1ccc(C2CCN(C(=O)c3ccc(NC(=O)c4ccco4)cc3)CC2)cc1. The molecule has 1 aliphatic rings. The molecule has 4 aromatic rings. The van der Waals surface area contributed by atoms with Crippen molar-refractivity contribution in [3.05, 3.63) is 114 Å². The predicted octanol–water partition coefficient (Wildman–Crippen LogP) is 5.57. The predicted molar refractivity (Wildman–Crippen MR) is 148 cm³/mol. The fraction of sp³-hybridized carbons (Fsp3) is 0.194. The van der Waals surface area contributed by atoms with Gasteiger partial charge in [-0.3, -0.25) is 14.4 Å². The van der Waals surface area contributed by atoms with E-state index >= 15 is 0 Å². The average Bonchev–Trinajstić information content (AvgIpc) is 3.53. The molecule has 0 bridgehead atoms. The van der Waals surface area contributed by atoms with Gasteiger partial charge in [-0.2, -0.15) is 0 Å². The molecule has 1 aromatic heterocycles. The van der Waals surface area contributed by atoms with E-state index in [0.29, 0.717) is 36.0 Å². The van der Waals surface area contributed by atoms with E-state index in [0.717, 1.165) is 18.5 Å². The molecule has 8 heteroatoms. The van der Waals surface area contributed by atoms with E-state index < -0.39 is 0 Å². The van der Waals surface area contributed by atoms with Crippen molar-refractivity contribution in [2.75, 3.05) is 30.3 Å². The number of hydrogen-bond acceptors (Lipinski definition) is 5. The maximum absolute atomic E-state index is 13.0. The lowest BCUT2D eigenvalue weighted by atomic mass is 9.89. The van der Waals surface area contributed by atoms with Gasteiger partial charge in [0.2, 0.25) is 0 Å². The normalized spacial score (nSPS) is 13.5. The number of carbonyl (C=O) groups is 3. The van der Waals surface area contributed by atoms with E-state index in [4.69, 9.17) is 9.15 Å². The molecule has 0 unspecified atom stereocenters. The second-order valence-corrected chi connectivity index (χ2v) is 9.35. The topological polar surface area (TPSA) is 101 Å². The molecule has 2 N–H and O–H groups in total. The molecular weight excluding hydrogens is 494 g/mol. The molecule has 5 rings (SSSR count). The first kappa shape index (κ1) is 25.8. The number of piperidine rings is 1. The zero-order valence-electron chi connectivity index (χ0n) is 21.3. The summed E-state index contributed by atoms with van der Waals surface area (Å²) in [6.45, 7) is 1.27. The van der Waals surface area contributed by atoms with Gasteiger partial charge in [0.15, 0.2) is 12.4 Å². The van der Waals surface area contributed by atoms with Crippen molar-refractivity contribution >= 4 is 29.1 Å². The van der Waals surface area contributed by atoms with E-state index in [-0.39, 0.29) is 30.1 Å². The Balaban J connectivity index is 1.08. The first-order chi connectivity index (χ1) is 19.0. The minimum atomic E-state index is -0.339. The molecule has 1 saturated heterocycles. The summed E-state index contributed by atoms with van der Waals surface area (Å²) in [5.41, 5.74) is 3.09. The van der Waals surface area contributed by atoms with Crippen molar-refractivity contribution in [1.82, 2.24) is 4.90 Å². The fourth-order valence-electron chi connectivity index (χ4n) is 4.60. The van der Waals surface area contributed by atoms with Gasteiger partial charge in [-0.15, -0.1) is 0 Å². The Labute approximate surface area is 226 Å². The summed E-state index contributed by atoms with van der Waals surface area (Å²) in [7, 11) is 0. The molecule has 2 heterocycles. The number of carbonyl (C=O) groups excluding carboxylic acids is 3. The van der Waals surface area contributed by atoms with Gasteiger partial charge in [0.1, 0.15) is 5.75 Å². The Kier molecular flexibility index (Phi) is 8.02. The zero-order chi connectivity index (χ0) is 27.0. The standard InChI is InChI=1S/C31H29N3O5/c35-29(21-39-27-5-2-1-3-6-27)32-25-12-8-22(9-13-25)23-16-18-34(19-17-23)31(37)24-10-14-26(15-11-24)33-30(36)28-7-4-20-38-28/h1-15,20,23H,16-19,21H2,(H,32,35)(H,33,36). The summed E-state index contributed by atoms with van der Waals surface area (Å²) in [4.78, 5) is 39.2. The van der Waals surface area contributed by atoms with E-state index in [1.165, 1.54) is 11.8 Å². The second kappa shape index (κ2) is 12.1. The van der Waals surface area contributed by atoms with E-state index in [9.17, 15) is 14.4 Å². The molecule has 0 aliphatic carbocycles. The lowest BCUT2D eigenvalue weighted by Gasteiger charge is -2.32. The van der Waals surface area contributed by atoms with Gasteiger partial charge in [0.05, 0.1) is 6.26 Å². The van der Waals surface area contributed by atoms with Crippen LogP contribution < -0.4 is 15.4 Å². The van der Waals surface area contributed by atoms with Crippen molar-refractivity contribution in [3.8, 4) is 5.75 Å². The summed E-state index contributed by atoms with van der Waals surface area (Å²) in [5, 5.41) is 5.61. The molecule has 1 fully saturated rings. The molecule has 0 spiro atoms. The number of likely N-dealkylation sites (tertiary alicyclic amines) is 1. The van der Waals surface area contributed by atoms with Crippen LogP contribution in [0.3, 0.4) is 0 Å². The van der Waals surface area contributed by atoms with Crippen LogP contribution in [0.15, 0.2) is 102 Å². The summed E-state index contributed by atoms with van der Waals surface area (Å²) >= 11 is 0. The molecular formula is C31H29N3O5. The van der Waals surface area contributed by atoms with Crippen LogP contribution in [0.1, 0.15) is 45.2 Å².